The van der Waals surface area contributed by atoms with E-state index in [1.807, 2.05) is 24.3 Å². The van der Waals surface area contributed by atoms with Crippen LogP contribution in [-0.4, -0.2) is 24.0 Å². The van der Waals surface area contributed by atoms with Crippen molar-refractivity contribution in [1.29, 1.82) is 0 Å². The van der Waals surface area contributed by atoms with Crippen molar-refractivity contribution >= 4 is 45.1 Å². The molecule has 0 atom stereocenters. The van der Waals surface area contributed by atoms with Crippen molar-refractivity contribution in [3.05, 3.63) is 50.8 Å². The lowest BCUT2D eigenvalue weighted by molar-refractivity contribution is -0.110. The highest BCUT2D eigenvalue weighted by Gasteiger charge is 2.27. The molecule has 25 heavy (non-hydrogen) atoms. The molecule has 1 amide bonds. The van der Waals surface area contributed by atoms with Gasteiger partial charge >= 0.3 is 5.97 Å². The van der Waals surface area contributed by atoms with Crippen LogP contribution in [-0.2, 0) is 22.4 Å². The average Bonchev–Trinajstić information content (AvgIpc) is 3.12. The normalized spacial score (nSPS) is 17.2. The van der Waals surface area contributed by atoms with Gasteiger partial charge in [0, 0.05) is 15.7 Å². The Kier molecular flexibility index (Phi) is 4.00. The molecule has 0 saturated carbocycles. The van der Waals surface area contributed by atoms with Crippen LogP contribution in [0.4, 0.5) is 5.69 Å². The summed E-state index contributed by atoms with van der Waals surface area (Å²) in [5.74, 6) is -0.491. The molecule has 2 aliphatic rings. The molecule has 0 saturated heterocycles. The molecule has 2 N–H and O–H groups in total. The maximum absolute atomic E-state index is 12.4. The van der Waals surface area contributed by atoms with Crippen LogP contribution < -0.4 is 5.32 Å². The minimum atomic E-state index is -0.358. The number of nitrogens with one attached hydrogen (secondary N) is 2. The van der Waals surface area contributed by atoms with Crippen LogP contribution in [0.2, 0.25) is 0 Å². The number of ether oxygens (including phenoxy) is 1. The second-order valence-corrected chi connectivity index (χ2v) is 7.19. The number of hydrogen-bond acceptors (Lipinski definition) is 3. The van der Waals surface area contributed by atoms with Crippen LogP contribution in [0.5, 0.6) is 0 Å². The smallest absolute Gasteiger partial charge is 0.354 e. The summed E-state index contributed by atoms with van der Waals surface area (Å²) in [7, 11) is 1.38. The van der Waals surface area contributed by atoms with Gasteiger partial charge in [0.25, 0.3) is 5.91 Å². The van der Waals surface area contributed by atoms with Crippen molar-refractivity contribution in [2.75, 3.05) is 12.4 Å². The van der Waals surface area contributed by atoms with Crippen LogP contribution >= 0.6 is 15.9 Å². The molecule has 6 heteroatoms. The molecular formula is C19H17BrN2O3. The quantitative estimate of drug-likeness (QED) is 0.592. The third-order valence-electron chi connectivity index (χ3n) is 4.80. The Morgan fingerprint density at radius 2 is 2.00 bits per heavy atom. The summed E-state index contributed by atoms with van der Waals surface area (Å²) < 4.78 is 5.82. The van der Waals surface area contributed by atoms with Crippen molar-refractivity contribution in [1.82, 2.24) is 4.98 Å². The predicted molar refractivity (Wildman–Crippen MR) is 99.4 cm³/mol. The van der Waals surface area contributed by atoms with Crippen LogP contribution in [0.3, 0.4) is 0 Å². The maximum atomic E-state index is 12.4. The summed E-state index contributed by atoms with van der Waals surface area (Å²) in [6.45, 7) is 0. The van der Waals surface area contributed by atoms with E-state index in [0.29, 0.717) is 11.3 Å². The number of carbonyl (C=O) groups is 2. The van der Waals surface area contributed by atoms with Gasteiger partial charge in [-0.05, 0) is 55.0 Å². The number of carbonyl (C=O) groups excluding carboxylic acids is 2. The van der Waals surface area contributed by atoms with Crippen LogP contribution in [0.25, 0.3) is 11.6 Å². The molecule has 1 aliphatic heterocycles. The molecule has 2 aromatic rings. The number of anilines is 1. The predicted octanol–water partition coefficient (Wildman–Crippen LogP) is 3.94. The largest absolute Gasteiger partial charge is 0.464 e. The summed E-state index contributed by atoms with van der Waals surface area (Å²) in [6.07, 6.45) is 5.75. The number of amides is 1. The summed E-state index contributed by atoms with van der Waals surface area (Å²) in [5.41, 5.74) is 5.76. The first-order chi connectivity index (χ1) is 12.1. The third-order valence-corrected chi connectivity index (χ3v) is 5.29. The van der Waals surface area contributed by atoms with Gasteiger partial charge < -0.3 is 15.0 Å². The first kappa shape index (κ1) is 16.1. The Labute approximate surface area is 153 Å². The van der Waals surface area contributed by atoms with E-state index in [-0.39, 0.29) is 11.9 Å². The van der Waals surface area contributed by atoms with Gasteiger partial charge in [0.05, 0.1) is 18.4 Å². The Morgan fingerprint density at radius 1 is 1.24 bits per heavy atom. The number of hydrogen-bond donors (Lipinski definition) is 2. The maximum Gasteiger partial charge on any atom is 0.354 e. The second kappa shape index (κ2) is 6.19. The molecule has 1 aliphatic carbocycles. The van der Waals surface area contributed by atoms with E-state index in [0.717, 1.165) is 58.2 Å². The fourth-order valence-corrected chi connectivity index (χ4v) is 3.98. The van der Waals surface area contributed by atoms with E-state index in [9.17, 15) is 9.59 Å². The van der Waals surface area contributed by atoms with Gasteiger partial charge in [-0.15, -0.1) is 0 Å². The van der Waals surface area contributed by atoms with E-state index < -0.39 is 0 Å². The molecule has 0 spiro atoms. The van der Waals surface area contributed by atoms with E-state index >= 15 is 0 Å². The van der Waals surface area contributed by atoms with Crippen molar-refractivity contribution < 1.29 is 14.3 Å². The molecule has 0 fully saturated rings. The third kappa shape index (κ3) is 2.70. The number of methoxy groups -OCH3 is 1. The van der Waals surface area contributed by atoms with Gasteiger partial charge in [-0.25, -0.2) is 4.79 Å². The fourth-order valence-electron chi connectivity index (χ4n) is 3.62. The van der Waals surface area contributed by atoms with E-state index in [4.69, 9.17) is 4.74 Å². The molecule has 0 bridgehead atoms. The van der Waals surface area contributed by atoms with Crippen molar-refractivity contribution in [3.8, 4) is 0 Å². The van der Waals surface area contributed by atoms with Gasteiger partial charge in [-0.2, -0.15) is 0 Å². The van der Waals surface area contributed by atoms with Crippen LogP contribution in [0.15, 0.2) is 22.7 Å². The van der Waals surface area contributed by atoms with Crippen molar-refractivity contribution in [2.24, 2.45) is 0 Å². The summed E-state index contributed by atoms with van der Waals surface area (Å²) >= 11 is 3.42. The van der Waals surface area contributed by atoms with Gasteiger partial charge in [-0.1, -0.05) is 22.0 Å². The molecule has 128 valence electrons. The number of aromatic nitrogens is 1. The standard InChI is InChI=1S/C19H17BrN2O3/c1-25-19(24)17-13-5-3-2-4-11(13)16(21-17)9-14-12-7-6-10(20)8-15(12)22-18(14)23/h6-9,21H,2-5H2,1H3,(H,22,23). The monoisotopic (exact) mass is 400 g/mol. The topological polar surface area (TPSA) is 71.2 Å². The molecule has 1 aromatic heterocycles. The number of rotatable bonds is 2. The van der Waals surface area contributed by atoms with Crippen LogP contribution in [0, 0.1) is 0 Å². The molecule has 0 unspecified atom stereocenters. The molecule has 5 nitrogen and oxygen atoms in total. The van der Waals surface area contributed by atoms with E-state index in [1.165, 1.54) is 7.11 Å². The number of benzene rings is 1. The lowest BCUT2D eigenvalue weighted by atomic mass is 9.91. The Hall–Kier alpha value is -2.34. The fraction of sp³-hybridized carbons (Fsp3) is 0.263. The Balaban J connectivity index is 1.84. The second-order valence-electron chi connectivity index (χ2n) is 6.27. The Morgan fingerprint density at radius 3 is 2.76 bits per heavy atom. The first-order valence-electron chi connectivity index (χ1n) is 8.23. The zero-order valence-electron chi connectivity index (χ0n) is 13.7. The summed E-state index contributed by atoms with van der Waals surface area (Å²) in [6, 6.07) is 5.72. The van der Waals surface area contributed by atoms with Crippen molar-refractivity contribution in [2.45, 2.75) is 25.7 Å². The van der Waals surface area contributed by atoms with Gasteiger partial charge in [0.2, 0.25) is 0 Å². The average molecular weight is 401 g/mol. The van der Waals surface area contributed by atoms with Gasteiger partial charge in [0.1, 0.15) is 5.69 Å². The van der Waals surface area contributed by atoms with Gasteiger partial charge in [0.15, 0.2) is 0 Å². The summed E-state index contributed by atoms with van der Waals surface area (Å²) in [4.78, 5) is 27.7. The highest BCUT2D eigenvalue weighted by atomic mass is 79.9. The number of aromatic amines is 1. The van der Waals surface area contributed by atoms with Gasteiger partial charge in [-0.3, -0.25) is 4.79 Å². The molecule has 0 radical (unpaired) electrons. The zero-order valence-corrected chi connectivity index (χ0v) is 15.3. The molecular weight excluding hydrogens is 384 g/mol. The number of H-pyrrole nitrogens is 1. The highest BCUT2D eigenvalue weighted by molar-refractivity contribution is 9.10. The number of esters is 1. The lowest BCUT2D eigenvalue weighted by Crippen LogP contribution is -2.08. The van der Waals surface area contributed by atoms with E-state index in [2.05, 4.69) is 26.2 Å². The molecule has 2 heterocycles. The minimum absolute atomic E-state index is 0.133. The van der Waals surface area contributed by atoms with Crippen molar-refractivity contribution in [3.63, 3.8) is 0 Å². The van der Waals surface area contributed by atoms with Crippen LogP contribution in [0.1, 0.15) is 45.7 Å². The molecule has 4 rings (SSSR count). The highest BCUT2D eigenvalue weighted by Crippen LogP contribution is 2.37. The summed E-state index contributed by atoms with van der Waals surface area (Å²) in [5, 5.41) is 2.89. The first-order valence-corrected chi connectivity index (χ1v) is 9.03. The Bertz CT molecular complexity index is 927. The number of fused-ring (bicyclic) bond motifs is 2. The number of halogens is 1. The SMILES string of the molecule is COC(=O)c1[nH]c(C=C2C(=O)Nc3cc(Br)ccc32)c2c1CCCC2. The lowest BCUT2D eigenvalue weighted by Gasteiger charge is -2.12. The molecule has 1 aromatic carbocycles. The zero-order chi connectivity index (χ0) is 17.6. The van der Waals surface area contributed by atoms with E-state index in [1.54, 1.807) is 0 Å². The minimum Gasteiger partial charge on any atom is -0.464 e.